The Balaban J connectivity index is 2.02. The van der Waals surface area contributed by atoms with E-state index in [1.54, 1.807) is 7.05 Å². The molecule has 3 heterocycles. The average molecular weight is 371 g/mol. The zero-order chi connectivity index (χ0) is 19.7. The molecule has 3 aromatic rings. The Labute approximate surface area is 158 Å². The molecule has 0 bridgehead atoms. The Morgan fingerprint density at radius 3 is 2.59 bits per heavy atom. The summed E-state index contributed by atoms with van der Waals surface area (Å²) < 4.78 is 6.91. The third-order valence-corrected chi connectivity index (χ3v) is 6.11. The smallest absolute Gasteiger partial charge is 0.311 e. The Morgan fingerprint density at radius 2 is 1.96 bits per heavy atom. The predicted octanol–water partition coefficient (Wildman–Crippen LogP) is 2.87. The minimum Gasteiger partial charge on any atom is -0.311 e. The van der Waals surface area contributed by atoms with E-state index in [0.29, 0.717) is 29.7 Å². The molecule has 1 aliphatic rings. The summed E-state index contributed by atoms with van der Waals surface area (Å²) in [7, 11) is 1.69. The molecule has 3 aromatic heterocycles. The van der Waals surface area contributed by atoms with Crippen LogP contribution in [0.2, 0.25) is 0 Å². The van der Waals surface area contributed by atoms with Gasteiger partial charge in [0.1, 0.15) is 0 Å². The molecular weight excluding hydrogens is 342 g/mol. The molecule has 0 aromatic carbocycles. The Bertz CT molecular complexity index is 1160. The van der Waals surface area contributed by atoms with Crippen molar-refractivity contribution in [3.8, 4) is 0 Å². The molecule has 0 unspecified atom stereocenters. The van der Waals surface area contributed by atoms with E-state index in [1.165, 1.54) is 15.6 Å². The first kappa shape index (κ1) is 18.1. The van der Waals surface area contributed by atoms with Gasteiger partial charge in [0, 0.05) is 31.5 Å². The quantitative estimate of drug-likeness (QED) is 0.696. The van der Waals surface area contributed by atoms with Crippen LogP contribution in [0, 0.1) is 18.3 Å². The highest BCUT2D eigenvalue weighted by Gasteiger charge is 2.34. The largest absolute Gasteiger partial charge is 0.332 e. The van der Waals surface area contributed by atoms with Crippen LogP contribution in [0.5, 0.6) is 0 Å². The van der Waals surface area contributed by atoms with Crippen molar-refractivity contribution in [3.63, 3.8) is 0 Å². The van der Waals surface area contributed by atoms with Crippen LogP contribution < -0.4 is 11.2 Å². The van der Waals surface area contributed by atoms with Crippen molar-refractivity contribution < 1.29 is 0 Å². The van der Waals surface area contributed by atoms with E-state index in [2.05, 4.69) is 32.3 Å². The average Bonchev–Trinajstić information content (AvgIpc) is 3.05. The van der Waals surface area contributed by atoms with E-state index in [4.69, 9.17) is 4.98 Å². The van der Waals surface area contributed by atoms with Crippen molar-refractivity contribution in [2.24, 2.45) is 18.4 Å². The Hall–Kier alpha value is -2.31. The van der Waals surface area contributed by atoms with Gasteiger partial charge < -0.3 is 4.57 Å². The Morgan fingerprint density at radius 1 is 1.26 bits per heavy atom. The standard InChI is InChI=1S/C20H29N5O2/c1-7-23-17(26)15-16(22(6)19(23)27)21-18-24(15)11-13(3)25(18)14-8-12(2)9-20(4,5)10-14/h11-12,14H,7-10H2,1-6H3/t12-,14+/m0/s1. The van der Waals surface area contributed by atoms with Gasteiger partial charge in [-0.05, 0) is 44.4 Å². The number of aryl methyl sites for hydroxylation is 2. The second-order valence-corrected chi connectivity index (χ2v) is 9.05. The summed E-state index contributed by atoms with van der Waals surface area (Å²) >= 11 is 0. The van der Waals surface area contributed by atoms with Gasteiger partial charge in [-0.3, -0.25) is 18.3 Å². The van der Waals surface area contributed by atoms with Crippen molar-refractivity contribution in [2.45, 2.75) is 66.5 Å². The number of hydrogen-bond donors (Lipinski definition) is 0. The van der Waals surface area contributed by atoms with Gasteiger partial charge in [0.2, 0.25) is 5.78 Å². The van der Waals surface area contributed by atoms with E-state index in [0.717, 1.165) is 24.3 Å². The summed E-state index contributed by atoms with van der Waals surface area (Å²) in [5.41, 5.74) is 1.75. The molecule has 1 aliphatic carbocycles. The van der Waals surface area contributed by atoms with Crippen LogP contribution in [0.25, 0.3) is 16.9 Å². The molecule has 1 saturated carbocycles. The Kier molecular flexibility index (Phi) is 3.91. The maximum Gasteiger partial charge on any atom is 0.332 e. The molecule has 0 amide bonds. The minimum absolute atomic E-state index is 0.266. The summed E-state index contributed by atoms with van der Waals surface area (Å²) in [5.74, 6) is 1.41. The highest BCUT2D eigenvalue weighted by Crippen LogP contribution is 2.44. The second kappa shape index (κ2) is 5.84. The van der Waals surface area contributed by atoms with Crippen LogP contribution in [-0.2, 0) is 13.6 Å². The number of aromatic nitrogens is 5. The van der Waals surface area contributed by atoms with Crippen LogP contribution in [0.15, 0.2) is 15.8 Å². The summed E-state index contributed by atoms with van der Waals surface area (Å²) in [6.07, 6.45) is 5.41. The van der Waals surface area contributed by atoms with Crippen molar-refractivity contribution in [3.05, 3.63) is 32.7 Å². The SMILES string of the molecule is CCn1c(=O)c2c(nc3n([C@@H]4C[C@H](C)CC(C)(C)C4)c(C)cn23)n(C)c1=O. The van der Waals surface area contributed by atoms with Crippen LogP contribution in [-0.4, -0.2) is 23.1 Å². The third-order valence-electron chi connectivity index (χ3n) is 6.11. The summed E-state index contributed by atoms with van der Waals surface area (Å²) in [5, 5.41) is 0. The highest BCUT2D eigenvalue weighted by molar-refractivity contribution is 5.75. The summed E-state index contributed by atoms with van der Waals surface area (Å²) in [4.78, 5) is 30.2. The van der Waals surface area contributed by atoms with Crippen LogP contribution >= 0.6 is 0 Å². The van der Waals surface area contributed by atoms with Gasteiger partial charge in [0.25, 0.3) is 5.56 Å². The molecule has 146 valence electrons. The number of fused-ring (bicyclic) bond motifs is 3. The number of imidazole rings is 2. The normalized spacial score (nSPS) is 22.7. The molecule has 0 spiro atoms. The molecule has 4 rings (SSSR count). The topological polar surface area (TPSA) is 66.2 Å². The van der Waals surface area contributed by atoms with E-state index in [1.807, 2.05) is 17.5 Å². The van der Waals surface area contributed by atoms with E-state index < -0.39 is 0 Å². The van der Waals surface area contributed by atoms with E-state index in [-0.39, 0.29) is 16.7 Å². The van der Waals surface area contributed by atoms with E-state index in [9.17, 15) is 9.59 Å². The predicted molar refractivity (Wildman–Crippen MR) is 106 cm³/mol. The lowest BCUT2D eigenvalue weighted by Gasteiger charge is -2.39. The number of rotatable bonds is 2. The lowest BCUT2D eigenvalue weighted by Crippen LogP contribution is -2.38. The summed E-state index contributed by atoms with van der Waals surface area (Å²) in [6.45, 7) is 11.2. The minimum atomic E-state index is -0.313. The van der Waals surface area contributed by atoms with Gasteiger partial charge in [-0.1, -0.05) is 20.8 Å². The first-order valence-electron chi connectivity index (χ1n) is 9.84. The monoisotopic (exact) mass is 371 g/mol. The third kappa shape index (κ3) is 2.58. The zero-order valence-corrected chi connectivity index (χ0v) is 17.1. The van der Waals surface area contributed by atoms with Crippen molar-refractivity contribution in [1.29, 1.82) is 0 Å². The van der Waals surface area contributed by atoms with Crippen LogP contribution in [0.4, 0.5) is 0 Å². The molecule has 0 N–H and O–H groups in total. The first-order valence-corrected chi connectivity index (χ1v) is 9.84. The second-order valence-electron chi connectivity index (χ2n) is 9.05. The fourth-order valence-corrected chi connectivity index (χ4v) is 5.25. The van der Waals surface area contributed by atoms with E-state index >= 15 is 0 Å². The van der Waals surface area contributed by atoms with Gasteiger partial charge in [0.05, 0.1) is 0 Å². The van der Waals surface area contributed by atoms with Crippen molar-refractivity contribution in [2.75, 3.05) is 0 Å². The lowest BCUT2D eigenvalue weighted by molar-refractivity contribution is 0.138. The zero-order valence-electron chi connectivity index (χ0n) is 17.1. The van der Waals surface area contributed by atoms with Gasteiger partial charge in [-0.2, -0.15) is 4.98 Å². The molecule has 7 nitrogen and oxygen atoms in total. The van der Waals surface area contributed by atoms with Gasteiger partial charge in [-0.25, -0.2) is 4.79 Å². The molecular formula is C20H29N5O2. The molecule has 27 heavy (non-hydrogen) atoms. The lowest BCUT2D eigenvalue weighted by atomic mass is 9.70. The molecule has 2 atom stereocenters. The highest BCUT2D eigenvalue weighted by atomic mass is 16.2. The van der Waals surface area contributed by atoms with Crippen molar-refractivity contribution >= 4 is 16.9 Å². The molecule has 0 saturated heterocycles. The van der Waals surface area contributed by atoms with Gasteiger partial charge in [0.15, 0.2) is 11.2 Å². The maximum atomic E-state index is 12.9. The van der Waals surface area contributed by atoms with Gasteiger partial charge in [-0.15, -0.1) is 0 Å². The fraction of sp³-hybridized carbons (Fsp3) is 0.650. The number of hydrogen-bond acceptors (Lipinski definition) is 3. The molecule has 7 heteroatoms. The van der Waals surface area contributed by atoms with Gasteiger partial charge >= 0.3 is 5.69 Å². The van der Waals surface area contributed by atoms with Crippen molar-refractivity contribution in [1.82, 2.24) is 23.1 Å². The fourth-order valence-electron chi connectivity index (χ4n) is 5.25. The maximum absolute atomic E-state index is 12.9. The van der Waals surface area contributed by atoms with Crippen LogP contribution in [0.3, 0.4) is 0 Å². The molecule has 1 fully saturated rings. The first-order chi connectivity index (χ1) is 12.6. The molecule has 0 radical (unpaired) electrons. The van der Waals surface area contributed by atoms with Crippen LogP contribution in [0.1, 0.15) is 58.7 Å². The molecule has 0 aliphatic heterocycles. The number of nitrogens with zero attached hydrogens (tertiary/aromatic N) is 5. The summed E-state index contributed by atoms with van der Waals surface area (Å²) in [6, 6.07) is 0.350.